The summed E-state index contributed by atoms with van der Waals surface area (Å²) >= 11 is 2.84. The van der Waals surface area contributed by atoms with E-state index in [2.05, 4.69) is 15.5 Å². The fraction of sp³-hybridized carbons (Fsp3) is 0.278. The molecular weight excluding hydrogens is 409 g/mol. The first-order chi connectivity index (χ1) is 13.4. The monoisotopic (exact) mass is 426 g/mol. The molecule has 0 saturated heterocycles. The highest BCUT2D eigenvalue weighted by atomic mass is 32.2. The predicted molar refractivity (Wildman–Crippen MR) is 104 cm³/mol. The summed E-state index contributed by atoms with van der Waals surface area (Å²) in [6, 6.07) is 8.55. The summed E-state index contributed by atoms with van der Waals surface area (Å²) in [5.74, 6) is 0.424. The van der Waals surface area contributed by atoms with Gasteiger partial charge in [0.2, 0.25) is 5.91 Å². The lowest BCUT2D eigenvalue weighted by molar-refractivity contribution is -0.137. The van der Waals surface area contributed by atoms with Crippen molar-refractivity contribution in [1.82, 2.24) is 14.8 Å². The average molecular weight is 426 g/mol. The van der Waals surface area contributed by atoms with Crippen molar-refractivity contribution in [3.8, 4) is 0 Å². The Morgan fingerprint density at radius 2 is 2.07 bits per heavy atom. The van der Waals surface area contributed by atoms with Crippen LogP contribution in [0.5, 0.6) is 0 Å². The van der Waals surface area contributed by atoms with Crippen LogP contribution in [0.4, 0.5) is 18.9 Å². The zero-order valence-corrected chi connectivity index (χ0v) is 16.5. The number of alkyl halides is 3. The third kappa shape index (κ3) is 5.14. The zero-order valence-electron chi connectivity index (χ0n) is 14.9. The molecule has 0 atom stereocenters. The van der Waals surface area contributed by atoms with Gasteiger partial charge >= 0.3 is 6.18 Å². The molecule has 0 aliphatic heterocycles. The molecule has 10 heteroatoms. The minimum atomic E-state index is -4.45. The summed E-state index contributed by atoms with van der Waals surface area (Å²) in [7, 11) is 0. The number of aromatic nitrogens is 3. The molecule has 3 rings (SSSR count). The van der Waals surface area contributed by atoms with Crippen molar-refractivity contribution >= 4 is 34.7 Å². The van der Waals surface area contributed by atoms with E-state index in [0.717, 1.165) is 18.0 Å². The fourth-order valence-electron chi connectivity index (χ4n) is 2.54. The highest BCUT2D eigenvalue weighted by Crippen LogP contribution is 2.30. The molecule has 2 heterocycles. The van der Waals surface area contributed by atoms with Gasteiger partial charge in [-0.1, -0.05) is 23.9 Å². The molecule has 0 spiro atoms. The molecule has 148 valence electrons. The maximum absolute atomic E-state index is 12.8. The van der Waals surface area contributed by atoms with Gasteiger partial charge in [0.1, 0.15) is 5.82 Å². The van der Waals surface area contributed by atoms with E-state index >= 15 is 0 Å². The Morgan fingerprint density at radius 1 is 1.25 bits per heavy atom. The van der Waals surface area contributed by atoms with Gasteiger partial charge in [-0.3, -0.25) is 4.79 Å². The molecule has 0 aliphatic carbocycles. The van der Waals surface area contributed by atoms with Crippen molar-refractivity contribution in [3.05, 3.63) is 58.0 Å². The van der Waals surface area contributed by atoms with Crippen molar-refractivity contribution in [2.24, 2.45) is 0 Å². The number of hydrogen-bond acceptors (Lipinski definition) is 5. The number of hydrogen-bond donors (Lipinski definition) is 1. The van der Waals surface area contributed by atoms with Crippen molar-refractivity contribution in [1.29, 1.82) is 0 Å². The minimum Gasteiger partial charge on any atom is -0.325 e. The van der Waals surface area contributed by atoms with E-state index in [1.165, 1.54) is 28.8 Å². The Hall–Kier alpha value is -2.33. The lowest BCUT2D eigenvalue weighted by Gasteiger charge is -2.10. The van der Waals surface area contributed by atoms with E-state index in [-0.39, 0.29) is 11.4 Å². The number of benzene rings is 1. The number of amides is 1. The number of thiophene rings is 1. The van der Waals surface area contributed by atoms with Crippen LogP contribution in [0.25, 0.3) is 0 Å². The molecular formula is C18H17F3N4OS2. The Labute approximate surface area is 168 Å². The van der Waals surface area contributed by atoms with Gasteiger partial charge in [0.05, 0.1) is 11.3 Å². The van der Waals surface area contributed by atoms with Crippen LogP contribution in [0.2, 0.25) is 0 Å². The van der Waals surface area contributed by atoms with Gasteiger partial charge in [-0.15, -0.1) is 21.5 Å². The summed E-state index contributed by atoms with van der Waals surface area (Å²) in [6.07, 6.45) is -3.79. The molecule has 0 radical (unpaired) electrons. The van der Waals surface area contributed by atoms with Gasteiger partial charge in [-0.05, 0) is 36.6 Å². The standard InChI is InChI=1S/C18H17F3N4OS2/c1-2-25-15(10-14-7-4-8-27-14)23-24-17(25)28-11-16(26)22-13-6-3-5-12(9-13)18(19,20)21/h3-9H,2,10-11H2,1H3,(H,22,26). The van der Waals surface area contributed by atoms with Crippen molar-refractivity contribution < 1.29 is 18.0 Å². The maximum Gasteiger partial charge on any atom is 0.416 e. The van der Waals surface area contributed by atoms with Gasteiger partial charge in [-0.2, -0.15) is 13.2 Å². The number of carbonyl (C=O) groups is 1. The molecule has 0 fully saturated rings. The summed E-state index contributed by atoms with van der Waals surface area (Å²) in [5, 5.41) is 13.4. The molecule has 0 aliphatic rings. The Kier molecular flexibility index (Phi) is 6.40. The van der Waals surface area contributed by atoms with Gasteiger partial charge in [0.15, 0.2) is 5.16 Å². The minimum absolute atomic E-state index is 0.0212. The topological polar surface area (TPSA) is 59.8 Å². The third-order valence-electron chi connectivity index (χ3n) is 3.83. The molecule has 1 aromatic carbocycles. The molecule has 5 nitrogen and oxygen atoms in total. The predicted octanol–water partition coefficient (Wildman–Crippen LogP) is 4.70. The molecule has 3 aromatic rings. The van der Waals surface area contributed by atoms with Crippen molar-refractivity contribution in [2.45, 2.75) is 31.2 Å². The second-order valence-corrected chi connectivity index (χ2v) is 7.79. The van der Waals surface area contributed by atoms with Crippen LogP contribution >= 0.6 is 23.1 Å². The molecule has 0 unspecified atom stereocenters. The van der Waals surface area contributed by atoms with E-state index in [9.17, 15) is 18.0 Å². The van der Waals surface area contributed by atoms with E-state index in [4.69, 9.17) is 0 Å². The first kappa shape index (κ1) is 20.4. The number of nitrogens with zero attached hydrogens (tertiary/aromatic N) is 3. The van der Waals surface area contributed by atoms with Crippen molar-refractivity contribution in [3.63, 3.8) is 0 Å². The van der Waals surface area contributed by atoms with Crippen LogP contribution in [0, 0.1) is 0 Å². The van der Waals surface area contributed by atoms with Crippen LogP contribution in [0.3, 0.4) is 0 Å². The van der Waals surface area contributed by atoms with E-state index < -0.39 is 17.6 Å². The maximum atomic E-state index is 12.8. The van der Waals surface area contributed by atoms with E-state index in [1.54, 1.807) is 11.3 Å². The number of rotatable bonds is 7. The van der Waals surface area contributed by atoms with Crippen LogP contribution in [0.15, 0.2) is 46.9 Å². The normalized spacial score (nSPS) is 11.6. The largest absolute Gasteiger partial charge is 0.416 e. The quantitative estimate of drug-likeness (QED) is 0.557. The molecule has 28 heavy (non-hydrogen) atoms. The number of thioether (sulfide) groups is 1. The number of anilines is 1. The molecule has 2 aromatic heterocycles. The Balaban J connectivity index is 1.61. The SMILES string of the molecule is CCn1c(Cc2cccs2)nnc1SCC(=O)Nc1cccc(C(F)(F)F)c1. The lowest BCUT2D eigenvalue weighted by atomic mass is 10.2. The number of nitrogens with one attached hydrogen (secondary N) is 1. The highest BCUT2D eigenvalue weighted by molar-refractivity contribution is 7.99. The van der Waals surface area contributed by atoms with Gasteiger partial charge < -0.3 is 9.88 Å². The number of halogens is 3. The summed E-state index contributed by atoms with van der Waals surface area (Å²) in [4.78, 5) is 13.3. The van der Waals surface area contributed by atoms with Crippen LogP contribution < -0.4 is 5.32 Å². The van der Waals surface area contributed by atoms with Gasteiger partial charge in [0.25, 0.3) is 0 Å². The number of carbonyl (C=O) groups excluding carboxylic acids is 1. The average Bonchev–Trinajstić information content (AvgIpc) is 3.29. The van der Waals surface area contributed by atoms with E-state index in [0.29, 0.717) is 18.1 Å². The van der Waals surface area contributed by atoms with Gasteiger partial charge in [0, 0.05) is 23.5 Å². The first-order valence-corrected chi connectivity index (χ1v) is 10.3. The smallest absolute Gasteiger partial charge is 0.325 e. The zero-order chi connectivity index (χ0) is 20.1. The molecule has 1 N–H and O–H groups in total. The molecule has 1 amide bonds. The van der Waals surface area contributed by atoms with Gasteiger partial charge in [-0.25, -0.2) is 0 Å². The Morgan fingerprint density at radius 3 is 2.75 bits per heavy atom. The van der Waals surface area contributed by atoms with E-state index in [1.807, 2.05) is 29.0 Å². The lowest BCUT2D eigenvalue weighted by Crippen LogP contribution is -2.15. The fourth-order valence-corrected chi connectivity index (χ4v) is 4.07. The molecule has 0 bridgehead atoms. The van der Waals surface area contributed by atoms with Crippen molar-refractivity contribution in [2.75, 3.05) is 11.1 Å². The highest BCUT2D eigenvalue weighted by Gasteiger charge is 2.30. The Bertz CT molecular complexity index is 939. The van der Waals surface area contributed by atoms with Crippen LogP contribution in [-0.2, 0) is 23.9 Å². The molecule has 0 saturated carbocycles. The second kappa shape index (κ2) is 8.78. The summed E-state index contributed by atoms with van der Waals surface area (Å²) in [5.41, 5.74) is -0.697. The van der Waals surface area contributed by atoms with Crippen LogP contribution in [-0.4, -0.2) is 26.4 Å². The third-order valence-corrected chi connectivity index (χ3v) is 5.67. The van der Waals surface area contributed by atoms with Crippen LogP contribution in [0.1, 0.15) is 23.2 Å². The second-order valence-electron chi connectivity index (χ2n) is 5.81. The summed E-state index contributed by atoms with van der Waals surface area (Å²) in [6.45, 7) is 2.62. The summed E-state index contributed by atoms with van der Waals surface area (Å²) < 4.78 is 40.2. The first-order valence-electron chi connectivity index (χ1n) is 8.41.